The van der Waals surface area contributed by atoms with E-state index < -0.39 is 12.0 Å². The monoisotopic (exact) mass is 195 g/mol. The summed E-state index contributed by atoms with van der Waals surface area (Å²) in [5.41, 5.74) is 0.890. The maximum absolute atomic E-state index is 10.7. The molecule has 0 saturated carbocycles. The van der Waals surface area contributed by atoms with Crippen molar-refractivity contribution in [3.8, 4) is 0 Å². The second-order valence-corrected chi connectivity index (χ2v) is 3.12. The first-order chi connectivity index (χ1) is 6.61. The van der Waals surface area contributed by atoms with E-state index in [0.29, 0.717) is 6.42 Å². The summed E-state index contributed by atoms with van der Waals surface area (Å²) < 4.78 is 0. The van der Waals surface area contributed by atoms with E-state index in [2.05, 4.69) is 0 Å². The molecule has 1 aromatic carbocycles. The molecule has 76 valence electrons. The van der Waals surface area contributed by atoms with Gasteiger partial charge in [0.2, 0.25) is 0 Å². The molecule has 0 aromatic heterocycles. The van der Waals surface area contributed by atoms with Gasteiger partial charge in [-0.2, -0.15) is 5.06 Å². The quantitative estimate of drug-likeness (QED) is 0.704. The number of hydrogen-bond donors (Lipinski definition) is 2. The summed E-state index contributed by atoms with van der Waals surface area (Å²) in [5, 5.41) is 18.6. The minimum absolute atomic E-state index is 0.295. The molecule has 1 rings (SSSR count). The van der Waals surface area contributed by atoms with E-state index in [9.17, 15) is 4.79 Å². The molecule has 0 heterocycles. The summed E-state index contributed by atoms with van der Waals surface area (Å²) >= 11 is 0. The number of carboxylic acids is 1. The van der Waals surface area contributed by atoms with Crippen LogP contribution in [0.15, 0.2) is 30.3 Å². The Bertz CT molecular complexity index is 297. The average Bonchev–Trinajstić information content (AvgIpc) is 2.15. The normalized spacial score (nSPS) is 12.8. The number of likely N-dealkylation sites (N-methyl/N-ethyl adjacent to an activating group) is 1. The molecule has 4 nitrogen and oxygen atoms in total. The van der Waals surface area contributed by atoms with E-state index in [1.54, 1.807) is 0 Å². The Kier molecular flexibility index (Phi) is 3.62. The van der Waals surface area contributed by atoms with Crippen LogP contribution in [0.25, 0.3) is 0 Å². The third kappa shape index (κ3) is 2.83. The third-order valence-corrected chi connectivity index (χ3v) is 2.01. The van der Waals surface area contributed by atoms with Gasteiger partial charge in [-0.05, 0) is 5.56 Å². The molecule has 2 N–H and O–H groups in total. The predicted molar refractivity (Wildman–Crippen MR) is 51.1 cm³/mol. The van der Waals surface area contributed by atoms with Crippen molar-refractivity contribution in [3.05, 3.63) is 35.9 Å². The largest absolute Gasteiger partial charge is 0.480 e. The zero-order valence-corrected chi connectivity index (χ0v) is 7.92. The molecule has 0 fully saturated rings. The minimum Gasteiger partial charge on any atom is -0.480 e. The first kappa shape index (κ1) is 10.7. The summed E-state index contributed by atoms with van der Waals surface area (Å²) in [7, 11) is 1.34. The Balaban J connectivity index is 2.70. The minimum atomic E-state index is -1.03. The van der Waals surface area contributed by atoms with Crippen LogP contribution in [0.4, 0.5) is 0 Å². The van der Waals surface area contributed by atoms with Crippen molar-refractivity contribution in [3.63, 3.8) is 0 Å². The SMILES string of the molecule is CN(O)C(Cc1ccccc1)C(=O)O. The topological polar surface area (TPSA) is 60.8 Å². The molecule has 0 aliphatic carbocycles. The van der Waals surface area contributed by atoms with Gasteiger partial charge in [0.25, 0.3) is 0 Å². The molecule has 1 aromatic rings. The van der Waals surface area contributed by atoms with Gasteiger partial charge in [-0.1, -0.05) is 30.3 Å². The zero-order valence-electron chi connectivity index (χ0n) is 7.92. The fraction of sp³-hybridized carbons (Fsp3) is 0.300. The number of aliphatic carboxylic acids is 1. The van der Waals surface area contributed by atoms with Gasteiger partial charge in [0, 0.05) is 13.5 Å². The molecule has 14 heavy (non-hydrogen) atoms. The Labute approximate surface area is 82.4 Å². The molecule has 0 aliphatic heterocycles. The molecule has 0 aliphatic rings. The van der Waals surface area contributed by atoms with Crippen molar-refractivity contribution in [2.45, 2.75) is 12.5 Å². The van der Waals surface area contributed by atoms with Crippen molar-refractivity contribution in [1.82, 2.24) is 5.06 Å². The molecule has 0 amide bonds. The van der Waals surface area contributed by atoms with E-state index in [1.807, 2.05) is 30.3 Å². The maximum atomic E-state index is 10.7. The summed E-state index contributed by atoms with van der Waals surface area (Å²) in [5.74, 6) is -1.03. The second-order valence-electron chi connectivity index (χ2n) is 3.12. The first-order valence-corrected chi connectivity index (χ1v) is 4.29. The molecule has 0 bridgehead atoms. The number of carboxylic acid groups (broad SMARTS) is 1. The molecule has 1 atom stereocenters. The summed E-state index contributed by atoms with van der Waals surface area (Å²) in [6.07, 6.45) is 0.295. The van der Waals surface area contributed by atoms with Crippen LogP contribution in [0.1, 0.15) is 5.56 Å². The second kappa shape index (κ2) is 4.74. The Morgan fingerprint density at radius 2 is 2.00 bits per heavy atom. The number of carbonyl (C=O) groups is 1. The van der Waals surface area contributed by atoms with E-state index in [0.717, 1.165) is 10.6 Å². The van der Waals surface area contributed by atoms with Crippen molar-refractivity contribution in [1.29, 1.82) is 0 Å². The lowest BCUT2D eigenvalue weighted by Crippen LogP contribution is -2.37. The Hall–Kier alpha value is -1.39. The van der Waals surface area contributed by atoms with E-state index in [4.69, 9.17) is 10.3 Å². The van der Waals surface area contributed by atoms with Crippen LogP contribution in [-0.4, -0.2) is 34.4 Å². The van der Waals surface area contributed by atoms with Gasteiger partial charge in [-0.25, -0.2) is 0 Å². The number of hydrogen-bond acceptors (Lipinski definition) is 3. The fourth-order valence-corrected chi connectivity index (χ4v) is 1.22. The van der Waals surface area contributed by atoms with Crippen molar-refractivity contribution < 1.29 is 15.1 Å². The maximum Gasteiger partial charge on any atom is 0.323 e. The lowest BCUT2D eigenvalue weighted by atomic mass is 10.1. The van der Waals surface area contributed by atoms with Crippen molar-refractivity contribution >= 4 is 5.97 Å². The third-order valence-electron chi connectivity index (χ3n) is 2.01. The van der Waals surface area contributed by atoms with Crippen LogP contribution in [0.5, 0.6) is 0 Å². The highest BCUT2D eigenvalue weighted by atomic mass is 16.5. The van der Waals surface area contributed by atoms with Crippen LogP contribution < -0.4 is 0 Å². The Morgan fingerprint density at radius 1 is 1.43 bits per heavy atom. The molecule has 4 heteroatoms. The predicted octanol–water partition coefficient (Wildman–Crippen LogP) is 1.00. The number of benzene rings is 1. The number of nitrogens with zero attached hydrogens (tertiary/aromatic N) is 1. The average molecular weight is 195 g/mol. The number of rotatable bonds is 4. The lowest BCUT2D eigenvalue weighted by Gasteiger charge is -2.17. The lowest BCUT2D eigenvalue weighted by molar-refractivity contribution is -0.162. The van der Waals surface area contributed by atoms with Gasteiger partial charge in [0.1, 0.15) is 6.04 Å². The van der Waals surface area contributed by atoms with Crippen LogP contribution in [0.2, 0.25) is 0 Å². The highest BCUT2D eigenvalue weighted by Crippen LogP contribution is 2.06. The molecule has 0 saturated heterocycles. The smallest absolute Gasteiger partial charge is 0.323 e. The zero-order chi connectivity index (χ0) is 10.6. The van der Waals surface area contributed by atoms with E-state index in [1.165, 1.54) is 7.05 Å². The standard InChI is InChI=1S/C10H13NO3/c1-11(14)9(10(12)13)7-8-5-3-2-4-6-8/h2-6,9,14H,7H2,1H3,(H,12,13). The highest BCUT2D eigenvalue weighted by Gasteiger charge is 2.21. The van der Waals surface area contributed by atoms with Crippen LogP contribution in [-0.2, 0) is 11.2 Å². The fourth-order valence-electron chi connectivity index (χ4n) is 1.22. The summed E-state index contributed by atoms with van der Waals surface area (Å²) in [4.78, 5) is 10.7. The van der Waals surface area contributed by atoms with Crippen molar-refractivity contribution in [2.75, 3.05) is 7.05 Å². The van der Waals surface area contributed by atoms with Gasteiger partial charge in [-0.15, -0.1) is 0 Å². The summed E-state index contributed by atoms with van der Waals surface area (Å²) in [6, 6.07) is 8.32. The van der Waals surface area contributed by atoms with Crippen LogP contribution >= 0.6 is 0 Å². The number of hydroxylamine groups is 2. The molecular formula is C10H13NO3. The first-order valence-electron chi connectivity index (χ1n) is 4.29. The van der Waals surface area contributed by atoms with Gasteiger partial charge in [0.15, 0.2) is 0 Å². The molecule has 1 unspecified atom stereocenters. The molecular weight excluding hydrogens is 182 g/mol. The van der Waals surface area contributed by atoms with E-state index in [-0.39, 0.29) is 0 Å². The molecule has 0 spiro atoms. The van der Waals surface area contributed by atoms with Gasteiger partial charge in [0.05, 0.1) is 0 Å². The van der Waals surface area contributed by atoms with Gasteiger partial charge in [-0.3, -0.25) is 4.79 Å². The summed E-state index contributed by atoms with van der Waals surface area (Å²) in [6.45, 7) is 0. The van der Waals surface area contributed by atoms with E-state index >= 15 is 0 Å². The van der Waals surface area contributed by atoms with Gasteiger partial charge < -0.3 is 10.3 Å². The van der Waals surface area contributed by atoms with Gasteiger partial charge >= 0.3 is 5.97 Å². The van der Waals surface area contributed by atoms with Crippen LogP contribution in [0, 0.1) is 0 Å². The van der Waals surface area contributed by atoms with Crippen molar-refractivity contribution in [2.24, 2.45) is 0 Å². The molecule has 0 radical (unpaired) electrons. The Morgan fingerprint density at radius 3 is 2.43 bits per heavy atom. The van der Waals surface area contributed by atoms with Crippen LogP contribution in [0.3, 0.4) is 0 Å². The highest BCUT2D eigenvalue weighted by molar-refractivity contribution is 5.73.